The van der Waals surface area contributed by atoms with Crippen LogP contribution in [0.4, 0.5) is 10.5 Å². The summed E-state index contributed by atoms with van der Waals surface area (Å²) in [5.74, 6) is 1.39. The van der Waals surface area contributed by atoms with Gasteiger partial charge in [-0.25, -0.2) is 4.79 Å². The number of Topliss-reactive ketones (excluding diaryl/α,β-unsaturated/α-hetero) is 1. The van der Waals surface area contributed by atoms with Crippen molar-refractivity contribution in [1.29, 1.82) is 0 Å². The summed E-state index contributed by atoms with van der Waals surface area (Å²) < 4.78 is 21.6. The molecule has 1 aliphatic heterocycles. The van der Waals surface area contributed by atoms with Crippen molar-refractivity contribution in [2.45, 2.75) is 19.9 Å². The van der Waals surface area contributed by atoms with Gasteiger partial charge in [0, 0.05) is 24.4 Å². The maximum Gasteiger partial charge on any atom is 0.414 e. The highest BCUT2D eigenvalue weighted by atomic mass is 16.6. The second kappa shape index (κ2) is 10.6. The first-order chi connectivity index (χ1) is 15.5. The molecule has 1 atom stereocenters. The second-order valence-electron chi connectivity index (χ2n) is 7.01. The van der Waals surface area contributed by atoms with Crippen LogP contribution in [0.15, 0.2) is 54.2 Å². The molecule has 2 aromatic carbocycles. The minimum Gasteiger partial charge on any atom is -0.493 e. The SMILES string of the molecule is CCOC(=O)N1c2cc(OC)c(OC)cc2C(=O)C(=CNCCOc2ccccc2)C1C. The van der Waals surface area contributed by atoms with Gasteiger partial charge in [0.15, 0.2) is 17.3 Å². The van der Waals surface area contributed by atoms with E-state index < -0.39 is 12.1 Å². The Hall–Kier alpha value is -3.68. The lowest BCUT2D eigenvalue weighted by atomic mass is 9.90. The van der Waals surface area contributed by atoms with Gasteiger partial charge in [-0.3, -0.25) is 9.69 Å². The molecule has 8 nitrogen and oxygen atoms in total. The lowest BCUT2D eigenvalue weighted by Gasteiger charge is -2.35. The Balaban J connectivity index is 1.85. The van der Waals surface area contributed by atoms with Gasteiger partial charge in [0.05, 0.1) is 38.1 Å². The molecule has 1 N–H and O–H groups in total. The number of nitrogens with zero attached hydrogens (tertiary/aromatic N) is 1. The van der Waals surface area contributed by atoms with Gasteiger partial charge in [-0.1, -0.05) is 18.2 Å². The summed E-state index contributed by atoms with van der Waals surface area (Å²) in [6.45, 7) is 4.63. The third-order valence-corrected chi connectivity index (χ3v) is 5.09. The number of amides is 1. The average Bonchev–Trinajstić information content (AvgIpc) is 2.81. The number of methoxy groups -OCH3 is 2. The fourth-order valence-electron chi connectivity index (χ4n) is 3.50. The summed E-state index contributed by atoms with van der Waals surface area (Å²) in [6.07, 6.45) is 1.09. The van der Waals surface area contributed by atoms with Gasteiger partial charge in [-0.05, 0) is 32.0 Å². The molecule has 170 valence electrons. The Bertz CT molecular complexity index is 989. The molecule has 8 heteroatoms. The van der Waals surface area contributed by atoms with Crippen LogP contribution in [-0.4, -0.2) is 51.9 Å². The van der Waals surface area contributed by atoms with E-state index in [4.69, 9.17) is 18.9 Å². The van der Waals surface area contributed by atoms with Crippen molar-refractivity contribution in [2.75, 3.05) is 38.9 Å². The maximum atomic E-state index is 13.3. The molecule has 1 aliphatic rings. The molecule has 0 spiro atoms. The van der Waals surface area contributed by atoms with Crippen LogP contribution in [0.2, 0.25) is 0 Å². The second-order valence-corrected chi connectivity index (χ2v) is 7.01. The van der Waals surface area contributed by atoms with E-state index in [9.17, 15) is 9.59 Å². The number of nitrogens with one attached hydrogen (secondary N) is 1. The molecule has 1 heterocycles. The zero-order valence-electron chi connectivity index (χ0n) is 18.7. The molecule has 1 unspecified atom stereocenters. The Morgan fingerprint density at radius 3 is 2.47 bits per heavy atom. The molecular formula is C24H28N2O6. The highest BCUT2D eigenvalue weighted by Crippen LogP contribution is 2.41. The Morgan fingerprint density at radius 1 is 1.12 bits per heavy atom. The summed E-state index contributed by atoms with van der Waals surface area (Å²) in [5, 5.41) is 3.12. The maximum absolute atomic E-state index is 13.3. The summed E-state index contributed by atoms with van der Waals surface area (Å²) in [6, 6.07) is 12.1. The van der Waals surface area contributed by atoms with E-state index in [-0.39, 0.29) is 12.4 Å². The first-order valence-electron chi connectivity index (χ1n) is 10.4. The Kier molecular flexibility index (Phi) is 7.59. The number of fused-ring (bicyclic) bond motifs is 1. The summed E-state index contributed by atoms with van der Waals surface area (Å²) in [5.41, 5.74) is 1.18. The van der Waals surface area contributed by atoms with Gasteiger partial charge < -0.3 is 24.3 Å². The van der Waals surface area contributed by atoms with Crippen LogP contribution in [0.3, 0.4) is 0 Å². The smallest absolute Gasteiger partial charge is 0.414 e. The predicted molar refractivity (Wildman–Crippen MR) is 121 cm³/mol. The molecule has 0 saturated heterocycles. The van der Waals surface area contributed by atoms with Crippen molar-refractivity contribution in [3.05, 3.63) is 59.8 Å². The molecule has 1 amide bonds. The van der Waals surface area contributed by atoms with Crippen LogP contribution in [0.5, 0.6) is 17.2 Å². The number of anilines is 1. The van der Waals surface area contributed by atoms with Gasteiger partial charge in [-0.2, -0.15) is 0 Å². The van der Waals surface area contributed by atoms with Crippen LogP contribution in [-0.2, 0) is 4.74 Å². The summed E-state index contributed by atoms with van der Waals surface area (Å²) in [4.78, 5) is 27.5. The van der Waals surface area contributed by atoms with E-state index in [0.29, 0.717) is 41.5 Å². The number of ketones is 1. The van der Waals surface area contributed by atoms with Crippen LogP contribution in [0.25, 0.3) is 0 Å². The van der Waals surface area contributed by atoms with Gasteiger partial charge in [0.2, 0.25) is 0 Å². The number of rotatable bonds is 8. The van der Waals surface area contributed by atoms with E-state index in [1.165, 1.54) is 19.1 Å². The van der Waals surface area contributed by atoms with Gasteiger partial charge in [-0.15, -0.1) is 0 Å². The predicted octanol–water partition coefficient (Wildman–Crippen LogP) is 3.80. The topological polar surface area (TPSA) is 86.3 Å². The molecule has 0 aromatic heterocycles. The Morgan fingerprint density at radius 2 is 1.81 bits per heavy atom. The fourth-order valence-corrected chi connectivity index (χ4v) is 3.50. The first kappa shape index (κ1) is 23.0. The minimum absolute atomic E-state index is 0.203. The molecule has 0 bridgehead atoms. The third kappa shape index (κ3) is 4.80. The summed E-state index contributed by atoms with van der Waals surface area (Å²) in [7, 11) is 2.99. The number of carbonyl (C=O) groups is 2. The van der Waals surface area contributed by atoms with E-state index >= 15 is 0 Å². The molecule has 2 aromatic rings. The van der Waals surface area contributed by atoms with Crippen molar-refractivity contribution in [3.8, 4) is 17.2 Å². The normalized spacial score (nSPS) is 16.4. The number of hydrogen-bond acceptors (Lipinski definition) is 7. The van der Waals surface area contributed by atoms with Crippen LogP contribution >= 0.6 is 0 Å². The van der Waals surface area contributed by atoms with Crippen molar-refractivity contribution < 1.29 is 28.5 Å². The quantitative estimate of drug-likeness (QED) is 0.493. The van der Waals surface area contributed by atoms with Gasteiger partial charge >= 0.3 is 6.09 Å². The highest BCUT2D eigenvalue weighted by Gasteiger charge is 2.38. The molecule has 0 radical (unpaired) electrons. The average molecular weight is 440 g/mol. The zero-order valence-corrected chi connectivity index (χ0v) is 18.7. The van der Waals surface area contributed by atoms with Crippen molar-refractivity contribution in [2.24, 2.45) is 0 Å². The molecule has 3 rings (SSSR count). The molecule has 0 saturated carbocycles. The van der Waals surface area contributed by atoms with E-state index in [2.05, 4.69) is 5.32 Å². The van der Waals surface area contributed by atoms with Crippen molar-refractivity contribution >= 4 is 17.6 Å². The van der Waals surface area contributed by atoms with Gasteiger partial charge in [0.1, 0.15) is 12.4 Å². The largest absolute Gasteiger partial charge is 0.493 e. The van der Waals surface area contributed by atoms with E-state index in [0.717, 1.165) is 5.75 Å². The molecule has 32 heavy (non-hydrogen) atoms. The van der Waals surface area contributed by atoms with Crippen LogP contribution < -0.4 is 24.4 Å². The zero-order chi connectivity index (χ0) is 23.1. The standard InChI is InChI=1S/C24H28N2O6/c1-5-31-24(28)26-16(2)19(15-25-11-12-32-17-9-7-6-8-10-17)23(27)18-13-21(29-3)22(30-4)14-20(18)26/h6-10,13-16,25H,5,11-12H2,1-4H3. The molecule has 0 fully saturated rings. The summed E-state index contributed by atoms with van der Waals surface area (Å²) >= 11 is 0. The van der Waals surface area contributed by atoms with Crippen molar-refractivity contribution in [1.82, 2.24) is 5.32 Å². The lowest BCUT2D eigenvalue weighted by molar-refractivity contribution is 0.102. The van der Waals surface area contributed by atoms with Crippen LogP contribution in [0.1, 0.15) is 24.2 Å². The fraction of sp³-hybridized carbons (Fsp3) is 0.333. The highest BCUT2D eigenvalue weighted by molar-refractivity contribution is 6.18. The number of hydrogen-bond donors (Lipinski definition) is 1. The lowest BCUT2D eigenvalue weighted by Crippen LogP contribution is -2.46. The van der Waals surface area contributed by atoms with Gasteiger partial charge in [0.25, 0.3) is 0 Å². The molecular weight excluding hydrogens is 412 g/mol. The third-order valence-electron chi connectivity index (χ3n) is 5.09. The monoisotopic (exact) mass is 440 g/mol. The van der Waals surface area contributed by atoms with Crippen LogP contribution in [0, 0.1) is 0 Å². The number of carbonyl (C=O) groups excluding carboxylic acids is 2. The number of benzene rings is 2. The Labute approximate surface area is 187 Å². The minimum atomic E-state index is -0.547. The molecule has 0 aliphatic carbocycles. The van der Waals surface area contributed by atoms with E-state index in [1.54, 1.807) is 32.2 Å². The van der Waals surface area contributed by atoms with Crippen molar-refractivity contribution in [3.63, 3.8) is 0 Å². The van der Waals surface area contributed by atoms with E-state index in [1.807, 2.05) is 30.3 Å². The first-order valence-corrected chi connectivity index (χ1v) is 10.4. The number of para-hydroxylation sites is 1. The number of ether oxygens (including phenoxy) is 4.